The normalized spacial score (nSPS) is 10.2. The Bertz CT molecular complexity index is 250. The highest BCUT2D eigenvalue weighted by molar-refractivity contribution is 4.95. The lowest BCUT2D eigenvalue weighted by Gasteiger charge is -2.05. The summed E-state index contributed by atoms with van der Waals surface area (Å²) in [5.41, 5.74) is 2.81. The number of allylic oxidation sites excluding steroid dienone is 2. The highest BCUT2D eigenvalue weighted by Crippen LogP contribution is 2.09. The van der Waals surface area contributed by atoms with Crippen LogP contribution in [0.3, 0.4) is 0 Å². The molecule has 0 unspecified atom stereocenters. The van der Waals surface area contributed by atoms with Gasteiger partial charge in [0.1, 0.15) is 0 Å². The molecule has 0 heterocycles. The van der Waals surface area contributed by atoms with Gasteiger partial charge in [-0.3, -0.25) is 0 Å². The molecular formula is C20H38O2. The number of rotatable bonds is 15. The van der Waals surface area contributed by atoms with Crippen molar-refractivity contribution in [1.82, 2.24) is 0 Å². The second-order valence-electron chi connectivity index (χ2n) is 5.83. The molecule has 0 spiro atoms. The zero-order chi connectivity index (χ0) is 16.5. The van der Waals surface area contributed by atoms with Crippen LogP contribution in [0.5, 0.6) is 0 Å². The van der Waals surface area contributed by atoms with E-state index < -0.39 is 0 Å². The molecule has 130 valence electrons. The lowest BCUT2D eigenvalue weighted by Crippen LogP contribution is -1.92. The third-order valence-corrected chi connectivity index (χ3v) is 4.09. The first-order valence-electron chi connectivity index (χ1n) is 9.37. The Hall–Kier alpha value is -0.920. The molecule has 0 amide bonds. The van der Waals surface area contributed by atoms with Crippen LogP contribution in [-0.2, 0) is 9.47 Å². The van der Waals surface area contributed by atoms with Gasteiger partial charge in [0.15, 0.2) is 0 Å². The van der Waals surface area contributed by atoms with Crippen LogP contribution in [0.2, 0.25) is 0 Å². The van der Waals surface area contributed by atoms with Crippen molar-refractivity contribution < 1.29 is 9.47 Å². The standard InChI is InChI=1S/C20H38O2/c1-5-19(6-2)17-21-15-13-11-9-10-12-14-16-22-18-20(7-3)8-4/h17-18H,5-16H2,1-4H3. The fourth-order valence-electron chi connectivity index (χ4n) is 2.26. The van der Waals surface area contributed by atoms with Gasteiger partial charge in [-0.1, -0.05) is 53.4 Å². The van der Waals surface area contributed by atoms with E-state index in [1.807, 2.05) is 12.5 Å². The molecule has 0 aromatic heterocycles. The molecule has 0 aromatic rings. The van der Waals surface area contributed by atoms with Gasteiger partial charge in [-0.05, 0) is 49.7 Å². The van der Waals surface area contributed by atoms with E-state index in [1.54, 1.807) is 0 Å². The van der Waals surface area contributed by atoms with E-state index in [0.717, 1.165) is 38.9 Å². The second kappa shape index (κ2) is 16.5. The van der Waals surface area contributed by atoms with Crippen molar-refractivity contribution in [3.8, 4) is 0 Å². The van der Waals surface area contributed by atoms with Crippen LogP contribution >= 0.6 is 0 Å². The van der Waals surface area contributed by atoms with Crippen molar-refractivity contribution in [2.75, 3.05) is 13.2 Å². The molecule has 0 fully saturated rings. The average Bonchev–Trinajstić information content (AvgIpc) is 2.55. The minimum Gasteiger partial charge on any atom is -0.501 e. The summed E-state index contributed by atoms with van der Waals surface area (Å²) < 4.78 is 11.2. The summed E-state index contributed by atoms with van der Waals surface area (Å²) in [4.78, 5) is 0. The predicted octanol–water partition coefficient (Wildman–Crippen LogP) is 6.77. The second-order valence-corrected chi connectivity index (χ2v) is 5.83. The zero-order valence-corrected chi connectivity index (χ0v) is 15.5. The molecule has 2 heteroatoms. The van der Waals surface area contributed by atoms with Crippen molar-refractivity contribution >= 4 is 0 Å². The first-order chi connectivity index (χ1) is 10.8. The third kappa shape index (κ3) is 12.8. The summed E-state index contributed by atoms with van der Waals surface area (Å²) >= 11 is 0. The maximum Gasteiger partial charge on any atom is 0.0873 e. The van der Waals surface area contributed by atoms with Crippen molar-refractivity contribution in [1.29, 1.82) is 0 Å². The minimum atomic E-state index is 0.869. The number of hydrogen-bond acceptors (Lipinski definition) is 2. The van der Waals surface area contributed by atoms with E-state index in [-0.39, 0.29) is 0 Å². The summed E-state index contributed by atoms with van der Waals surface area (Å²) in [7, 11) is 0. The van der Waals surface area contributed by atoms with E-state index in [2.05, 4.69) is 27.7 Å². The monoisotopic (exact) mass is 310 g/mol. The topological polar surface area (TPSA) is 18.5 Å². The summed E-state index contributed by atoms with van der Waals surface area (Å²) in [6, 6.07) is 0. The molecule has 0 N–H and O–H groups in total. The van der Waals surface area contributed by atoms with Gasteiger partial charge in [0.2, 0.25) is 0 Å². The molecule has 0 atom stereocenters. The first-order valence-corrected chi connectivity index (χ1v) is 9.37. The van der Waals surface area contributed by atoms with Gasteiger partial charge in [-0.15, -0.1) is 0 Å². The minimum absolute atomic E-state index is 0.869. The summed E-state index contributed by atoms with van der Waals surface area (Å²) in [5, 5.41) is 0. The molecule has 0 radical (unpaired) electrons. The summed E-state index contributed by atoms with van der Waals surface area (Å²) in [6.07, 6.45) is 15.9. The van der Waals surface area contributed by atoms with E-state index in [4.69, 9.17) is 9.47 Å². The van der Waals surface area contributed by atoms with Crippen LogP contribution in [0.1, 0.15) is 91.9 Å². The molecule has 2 nitrogen and oxygen atoms in total. The van der Waals surface area contributed by atoms with Crippen LogP contribution in [-0.4, -0.2) is 13.2 Å². The van der Waals surface area contributed by atoms with Crippen molar-refractivity contribution in [2.45, 2.75) is 91.9 Å². The number of unbranched alkanes of at least 4 members (excludes halogenated alkanes) is 5. The SMILES string of the molecule is CCC(=COCCCCCCCCOC=C(CC)CC)CC. The Kier molecular flexibility index (Phi) is 15.8. The van der Waals surface area contributed by atoms with E-state index in [1.165, 1.54) is 49.7 Å². The van der Waals surface area contributed by atoms with Crippen LogP contribution in [0.15, 0.2) is 23.7 Å². The Labute approximate surface area is 139 Å². The van der Waals surface area contributed by atoms with Gasteiger partial charge in [0.05, 0.1) is 25.7 Å². The van der Waals surface area contributed by atoms with Gasteiger partial charge in [0.25, 0.3) is 0 Å². The quantitative estimate of drug-likeness (QED) is 0.245. The van der Waals surface area contributed by atoms with Gasteiger partial charge in [-0.25, -0.2) is 0 Å². The van der Waals surface area contributed by atoms with Gasteiger partial charge in [0, 0.05) is 0 Å². The highest BCUT2D eigenvalue weighted by Gasteiger charge is 1.94. The molecule has 0 aromatic carbocycles. The fraction of sp³-hybridized carbons (Fsp3) is 0.800. The average molecular weight is 311 g/mol. The predicted molar refractivity (Wildman–Crippen MR) is 96.9 cm³/mol. The summed E-state index contributed by atoms with van der Waals surface area (Å²) in [6.45, 7) is 10.5. The maximum atomic E-state index is 5.59. The zero-order valence-electron chi connectivity index (χ0n) is 15.5. The smallest absolute Gasteiger partial charge is 0.0873 e. The van der Waals surface area contributed by atoms with E-state index in [9.17, 15) is 0 Å². The lowest BCUT2D eigenvalue weighted by atomic mass is 10.1. The Balaban J connectivity index is 3.31. The van der Waals surface area contributed by atoms with Crippen molar-refractivity contribution in [2.24, 2.45) is 0 Å². The molecule has 22 heavy (non-hydrogen) atoms. The molecule has 0 saturated heterocycles. The molecule has 0 saturated carbocycles. The Morgan fingerprint density at radius 2 is 0.864 bits per heavy atom. The molecule has 0 aliphatic rings. The molecule has 0 rings (SSSR count). The fourth-order valence-corrected chi connectivity index (χ4v) is 2.26. The van der Waals surface area contributed by atoms with Crippen LogP contribution < -0.4 is 0 Å². The van der Waals surface area contributed by atoms with Crippen molar-refractivity contribution in [3.05, 3.63) is 23.7 Å². The Morgan fingerprint density at radius 3 is 1.18 bits per heavy atom. The van der Waals surface area contributed by atoms with Gasteiger partial charge < -0.3 is 9.47 Å². The molecule has 0 bridgehead atoms. The van der Waals surface area contributed by atoms with E-state index >= 15 is 0 Å². The third-order valence-electron chi connectivity index (χ3n) is 4.09. The number of hydrogen-bond donors (Lipinski definition) is 0. The molecular weight excluding hydrogens is 272 g/mol. The largest absolute Gasteiger partial charge is 0.501 e. The van der Waals surface area contributed by atoms with Gasteiger partial charge in [-0.2, -0.15) is 0 Å². The molecule has 0 aliphatic heterocycles. The summed E-state index contributed by atoms with van der Waals surface area (Å²) in [5.74, 6) is 0. The van der Waals surface area contributed by atoms with E-state index in [0.29, 0.717) is 0 Å². The van der Waals surface area contributed by atoms with Crippen LogP contribution in [0, 0.1) is 0 Å². The Morgan fingerprint density at radius 1 is 0.545 bits per heavy atom. The van der Waals surface area contributed by atoms with Crippen LogP contribution in [0.4, 0.5) is 0 Å². The van der Waals surface area contributed by atoms with Crippen LogP contribution in [0.25, 0.3) is 0 Å². The first kappa shape index (κ1) is 21.1. The maximum absolute atomic E-state index is 5.59. The molecule has 0 aliphatic carbocycles. The number of ether oxygens (including phenoxy) is 2. The van der Waals surface area contributed by atoms with Crippen molar-refractivity contribution in [3.63, 3.8) is 0 Å². The van der Waals surface area contributed by atoms with Gasteiger partial charge >= 0.3 is 0 Å². The highest BCUT2D eigenvalue weighted by atomic mass is 16.5. The lowest BCUT2D eigenvalue weighted by molar-refractivity contribution is 0.231.